The summed E-state index contributed by atoms with van der Waals surface area (Å²) in [7, 11) is 0. The topological polar surface area (TPSA) is 41.6 Å². The molecule has 0 saturated heterocycles. The number of nitrogens with zero attached hydrogens (tertiary/aromatic N) is 3. The van der Waals surface area contributed by atoms with Crippen molar-refractivity contribution < 1.29 is 0 Å². The van der Waals surface area contributed by atoms with Gasteiger partial charge in [0, 0.05) is 0 Å². The molecule has 1 aromatic heterocycles. The number of benzene rings is 1. The normalized spacial score (nSPS) is 9.71. The Morgan fingerprint density at radius 3 is 2.57 bits per heavy atom. The van der Waals surface area contributed by atoms with E-state index in [-0.39, 0.29) is 5.69 Å². The monoisotopic (exact) mass is 203 g/mol. The molecule has 0 atom stereocenters. The van der Waals surface area contributed by atoms with Crippen molar-refractivity contribution in [1.82, 2.24) is 9.78 Å². The van der Waals surface area contributed by atoms with E-state index in [1.54, 1.807) is 10.9 Å². The predicted octanol–water partition coefficient (Wildman–Crippen LogP) is 2.40. The summed E-state index contributed by atoms with van der Waals surface area (Å²) in [5.74, 6) is 0. The second kappa shape index (κ2) is 3.52. The van der Waals surface area contributed by atoms with E-state index in [1.807, 2.05) is 36.4 Å². The molecule has 0 unspecified atom stereocenters. The van der Waals surface area contributed by atoms with Crippen LogP contribution < -0.4 is 0 Å². The van der Waals surface area contributed by atoms with Crippen LogP contribution in [0.3, 0.4) is 0 Å². The Morgan fingerprint density at radius 1 is 1.29 bits per heavy atom. The largest absolute Gasteiger partial charge is 0.238 e. The number of halogens is 1. The second-order valence-corrected chi connectivity index (χ2v) is 3.12. The third kappa shape index (κ3) is 1.48. The predicted molar refractivity (Wildman–Crippen MR) is 53.3 cm³/mol. The van der Waals surface area contributed by atoms with Gasteiger partial charge in [-0.2, -0.15) is 10.4 Å². The quantitative estimate of drug-likeness (QED) is 0.714. The Bertz CT molecular complexity index is 482. The lowest BCUT2D eigenvalue weighted by Gasteiger charge is -1.97. The first kappa shape index (κ1) is 8.79. The molecule has 0 spiro atoms. The maximum Gasteiger partial charge on any atom is 0.181 e. The average Bonchev–Trinajstić information content (AvgIpc) is 2.61. The van der Waals surface area contributed by atoms with Gasteiger partial charge in [0.05, 0.1) is 16.9 Å². The molecule has 3 nitrogen and oxygen atoms in total. The number of hydrogen-bond donors (Lipinski definition) is 0. The van der Waals surface area contributed by atoms with E-state index in [9.17, 15) is 0 Å². The highest BCUT2D eigenvalue weighted by atomic mass is 35.5. The first-order valence-electron chi connectivity index (χ1n) is 4.02. The van der Waals surface area contributed by atoms with Gasteiger partial charge in [0.25, 0.3) is 0 Å². The molecule has 1 aromatic carbocycles. The Kier molecular flexibility index (Phi) is 2.21. The van der Waals surface area contributed by atoms with Crippen LogP contribution in [0, 0.1) is 11.3 Å². The summed E-state index contributed by atoms with van der Waals surface area (Å²) in [5.41, 5.74) is 1.13. The van der Waals surface area contributed by atoms with Gasteiger partial charge in [0.15, 0.2) is 5.69 Å². The van der Waals surface area contributed by atoms with Crippen LogP contribution >= 0.6 is 11.6 Å². The van der Waals surface area contributed by atoms with Crippen molar-refractivity contribution in [2.45, 2.75) is 0 Å². The first-order chi connectivity index (χ1) is 6.81. The summed E-state index contributed by atoms with van der Waals surface area (Å²) >= 11 is 5.79. The number of hydrogen-bond acceptors (Lipinski definition) is 2. The van der Waals surface area contributed by atoms with E-state index >= 15 is 0 Å². The van der Waals surface area contributed by atoms with Gasteiger partial charge in [-0.15, -0.1) is 0 Å². The van der Waals surface area contributed by atoms with Crippen LogP contribution in [0.2, 0.25) is 5.02 Å². The third-order valence-electron chi connectivity index (χ3n) is 1.80. The van der Waals surface area contributed by atoms with Crippen molar-refractivity contribution in [3.8, 4) is 11.8 Å². The molecular weight excluding hydrogens is 198 g/mol. The lowest BCUT2D eigenvalue weighted by molar-refractivity contribution is 0.873. The zero-order valence-corrected chi connectivity index (χ0v) is 7.94. The molecule has 0 N–H and O–H groups in total. The lowest BCUT2D eigenvalue weighted by Crippen LogP contribution is -1.93. The molecule has 0 aliphatic rings. The zero-order valence-electron chi connectivity index (χ0n) is 7.18. The summed E-state index contributed by atoms with van der Waals surface area (Å²) in [4.78, 5) is 0. The minimum Gasteiger partial charge on any atom is -0.238 e. The van der Waals surface area contributed by atoms with E-state index in [4.69, 9.17) is 16.9 Å². The summed E-state index contributed by atoms with van der Waals surface area (Å²) in [6.07, 6.45) is 1.62. The summed E-state index contributed by atoms with van der Waals surface area (Å²) in [5, 5.41) is 13.1. The average molecular weight is 204 g/mol. The van der Waals surface area contributed by atoms with Crippen LogP contribution in [-0.2, 0) is 0 Å². The molecule has 14 heavy (non-hydrogen) atoms. The number of aromatic nitrogens is 2. The first-order valence-corrected chi connectivity index (χ1v) is 4.40. The molecule has 0 aliphatic carbocycles. The fourth-order valence-electron chi connectivity index (χ4n) is 1.14. The Balaban J connectivity index is 2.50. The minimum atomic E-state index is 0.246. The summed E-state index contributed by atoms with van der Waals surface area (Å²) in [6.45, 7) is 0. The Morgan fingerprint density at radius 2 is 2.00 bits per heavy atom. The molecule has 4 heteroatoms. The van der Waals surface area contributed by atoms with Gasteiger partial charge >= 0.3 is 0 Å². The fourth-order valence-corrected chi connectivity index (χ4v) is 1.31. The molecule has 0 saturated carbocycles. The minimum absolute atomic E-state index is 0.246. The van der Waals surface area contributed by atoms with E-state index in [0.717, 1.165) is 5.69 Å². The lowest BCUT2D eigenvalue weighted by atomic mass is 10.3. The molecule has 0 bridgehead atoms. The second-order valence-electron chi connectivity index (χ2n) is 2.72. The van der Waals surface area contributed by atoms with Gasteiger partial charge in [0.1, 0.15) is 6.07 Å². The van der Waals surface area contributed by atoms with Crippen LogP contribution in [-0.4, -0.2) is 9.78 Å². The molecule has 2 aromatic rings. The highest BCUT2D eigenvalue weighted by Gasteiger charge is 2.06. The van der Waals surface area contributed by atoms with Crippen molar-refractivity contribution >= 4 is 11.6 Å². The highest BCUT2D eigenvalue weighted by Crippen LogP contribution is 2.15. The van der Waals surface area contributed by atoms with Crippen LogP contribution in [0.4, 0.5) is 0 Å². The summed E-state index contributed by atoms with van der Waals surface area (Å²) < 4.78 is 1.58. The van der Waals surface area contributed by atoms with Crippen molar-refractivity contribution in [1.29, 1.82) is 5.26 Å². The van der Waals surface area contributed by atoms with E-state index in [2.05, 4.69) is 5.10 Å². The van der Waals surface area contributed by atoms with Crippen LogP contribution in [0.5, 0.6) is 0 Å². The number of rotatable bonds is 1. The van der Waals surface area contributed by atoms with E-state index in [0.29, 0.717) is 5.02 Å². The Labute approximate surface area is 86.2 Å². The molecule has 68 valence electrons. The third-order valence-corrected chi connectivity index (χ3v) is 2.07. The van der Waals surface area contributed by atoms with Crippen molar-refractivity contribution in [3.63, 3.8) is 0 Å². The van der Waals surface area contributed by atoms with Crippen molar-refractivity contribution in [2.24, 2.45) is 0 Å². The zero-order chi connectivity index (χ0) is 9.97. The molecule has 0 amide bonds. The maximum absolute atomic E-state index is 8.67. The number of para-hydroxylation sites is 1. The molecular formula is C10H6ClN3. The molecule has 1 heterocycles. The van der Waals surface area contributed by atoms with Crippen LogP contribution in [0.15, 0.2) is 36.5 Å². The number of nitriles is 1. The van der Waals surface area contributed by atoms with Gasteiger partial charge in [-0.05, 0) is 12.1 Å². The van der Waals surface area contributed by atoms with Crippen molar-refractivity contribution in [2.75, 3.05) is 0 Å². The van der Waals surface area contributed by atoms with Gasteiger partial charge in [-0.1, -0.05) is 29.8 Å². The Hall–Kier alpha value is -1.79. The van der Waals surface area contributed by atoms with E-state index < -0.39 is 0 Å². The van der Waals surface area contributed by atoms with E-state index in [1.165, 1.54) is 0 Å². The maximum atomic E-state index is 8.67. The summed E-state index contributed by atoms with van der Waals surface area (Å²) in [6, 6.07) is 11.4. The molecule has 0 aliphatic heterocycles. The van der Waals surface area contributed by atoms with Gasteiger partial charge in [-0.25, -0.2) is 4.68 Å². The fraction of sp³-hybridized carbons (Fsp3) is 0. The standard InChI is InChI=1S/C10H6ClN3/c11-9-7-14(13-10(9)6-12)8-4-2-1-3-5-8/h1-5,7H. The van der Waals surface area contributed by atoms with Gasteiger partial charge < -0.3 is 0 Å². The highest BCUT2D eigenvalue weighted by molar-refractivity contribution is 6.31. The van der Waals surface area contributed by atoms with Gasteiger partial charge in [0.2, 0.25) is 0 Å². The molecule has 2 rings (SSSR count). The molecule has 0 fully saturated rings. The molecule has 0 radical (unpaired) electrons. The van der Waals surface area contributed by atoms with Crippen LogP contribution in [0.1, 0.15) is 5.69 Å². The van der Waals surface area contributed by atoms with Crippen LogP contribution in [0.25, 0.3) is 5.69 Å². The smallest absolute Gasteiger partial charge is 0.181 e. The van der Waals surface area contributed by atoms with Gasteiger partial charge in [-0.3, -0.25) is 0 Å². The van der Waals surface area contributed by atoms with Crippen molar-refractivity contribution in [3.05, 3.63) is 47.2 Å². The SMILES string of the molecule is N#Cc1nn(-c2ccccc2)cc1Cl.